The number of hydrogen-bond donors (Lipinski definition) is 10. The van der Waals surface area contributed by atoms with Gasteiger partial charge in [-0.25, -0.2) is 4.79 Å². The average Bonchev–Trinajstić information content (AvgIpc) is 3.30. The van der Waals surface area contributed by atoms with E-state index in [1.54, 1.807) is 13.8 Å². The van der Waals surface area contributed by atoms with Crippen LogP contribution in [0.1, 0.15) is 163 Å². The molecule has 3 aliphatic rings. The Hall–Kier alpha value is -2.19. The van der Waals surface area contributed by atoms with Gasteiger partial charge in [0.1, 0.15) is 61.5 Å². The van der Waals surface area contributed by atoms with Gasteiger partial charge in [0.25, 0.3) is 0 Å². The highest BCUT2D eigenvalue weighted by molar-refractivity contribution is 5.71. The second kappa shape index (κ2) is 33.6. The first kappa shape index (κ1) is 62.1. The Morgan fingerprint density at radius 3 is 1.61 bits per heavy atom. The largest absolute Gasteiger partial charge is 0.479 e. The average molecular weight is 1010 g/mol. The van der Waals surface area contributed by atoms with Gasteiger partial charge in [0.05, 0.1) is 31.5 Å². The van der Waals surface area contributed by atoms with Crippen LogP contribution in [0.15, 0.2) is 0 Å². The topological polar surface area (TPSA) is 327 Å². The number of carboxylic acid groups (broad SMARTS) is 1. The first-order chi connectivity index (χ1) is 33.3. The maximum absolute atomic E-state index is 12.4. The number of aliphatic hydroxyl groups excluding tert-OH is 9. The van der Waals surface area contributed by atoms with Crippen LogP contribution in [-0.2, 0) is 52.3 Å². The van der Waals surface area contributed by atoms with Gasteiger partial charge in [-0.2, -0.15) is 0 Å². The van der Waals surface area contributed by atoms with Crippen LogP contribution in [0.5, 0.6) is 0 Å². The number of hydrogen-bond acceptors (Lipinski definition) is 20. The summed E-state index contributed by atoms with van der Waals surface area (Å²) in [6, 6.07) is 0. The Kier molecular flexibility index (Phi) is 29.8. The number of aliphatic carboxylic acids is 1. The molecule has 0 saturated carbocycles. The van der Waals surface area contributed by atoms with Gasteiger partial charge in [0.15, 0.2) is 31.1 Å². The smallest absolute Gasteiger partial charge is 0.332 e. The number of esters is 2. The summed E-state index contributed by atoms with van der Waals surface area (Å²) >= 11 is 0. The van der Waals surface area contributed by atoms with Gasteiger partial charge in [0.2, 0.25) is 0 Å². The molecule has 70 heavy (non-hydrogen) atoms. The van der Waals surface area contributed by atoms with E-state index in [9.17, 15) is 60.3 Å². The van der Waals surface area contributed by atoms with Gasteiger partial charge in [-0.3, -0.25) is 9.59 Å². The molecule has 0 aromatic heterocycles. The molecular formula is C49H88O21. The summed E-state index contributed by atoms with van der Waals surface area (Å²) in [6.07, 6.45) is -8.13. The quantitative estimate of drug-likeness (QED) is 0.0321. The SMILES string of the molecule is CCCCCC(CCCC(O)C(O)CCCCCCCCCCCCCC(O)C(=O)O)OC1OCC(O)C(O)C1OC1OCC(O)C(O)C1OC1OC(COC(=O)CC(C)C)C(OC(C)=O)C(O)C1O. The summed E-state index contributed by atoms with van der Waals surface area (Å²) in [5, 5.41) is 106. The third-order valence-electron chi connectivity index (χ3n) is 13.1. The standard InChI is InChI=1S/C49H88O21/c1-5-6-16-20-31(21-19-24-33(52)32(51)22-17-14-12-10-8-7-9-11-13-15-18-23-34(53)46(61)62)67-48-44(39(57)35(54)26-64-48)70-49-45(40(58)36(55)27-65-49)69-47-42(60)41(59)43(66-30(4)50)37(68-47)28-63-38(56)25-29(2)3/h29,31-37,39-45,47-49,51-55,57-60H,5-28H2,1-4H3,(H,61,62). The Bertz CT molecular complexity index is 1440. The maximum Gasteiger partial charge on any atom is 0.332 e. The predicted molar refractivity (Wildman–Crippen MR) is 248 cm³/mol. The second-order valence-corrected chi connectivity index (χ2v) is 19.7. The lowest BCUT2D eigenvalue weighted by atomic mass is 9.98. The molecule has 17 unspecified atom stereocenters. The Morgan fingerprint density at radius 1 is 0.586 bits per heavy atom. The summed E-state index contributed by atoms with van der Waals surface area (Å²) in [4.78, 5) is 35.0. The van der Waals surface area contributed by atoms with Gasteiger partial charge >= 0.3 is 17.9 Å². The fraction of sp³-hybridized carbons (Fsp3) is 0.939. The van der Waals surface area contributed by atoms with Crippen molar-refractivity contribution in [3.63, 3.8) is 0 Å². The summed E-state index contributed by atoms with van der Waals surface area (Å²) in [5.74, 6) is -2.63. The highest BCUT2D eigenvalue weighted by atomic mass is 16.8. The number of ether oxygens (including phenoxy) is 8. The Balaban J connectivity index is 1.56. The van der Waals surface area contributed by atoms with Crippen LogP contribution in [0.2, 0.25) is 0 Å². The van der Waals surface area contributed by atoms with Crippen LogP contribution in [0.4, 0.5) is 0 Å². The molecule has 410 valence electrons. The van der Waals surface area contributed by atoms with Gasteiger partial charge in [0, 0.05) is 13.3 Å². The van der Waals surface area contributed by atoms with E-state index in [0.717, 1.165) is 90.4 Å². The highest BCUT2D eigenvalue weighted by Crippen LogP contribution is 2.33. The van der Waals surface area contributed by atoms with E-state index >= 15 is 0 Å². The van der Waals surface area contributed by atoms with Crippen molar-refractivity contribution >= 4 is 17.9 Å². The van der Waals surface area contributed by atoms with Crippen LogP contribution in [0, 0.1) is 5.92 Å². The van der Waals surface area contributed by atoms with E-state index in [1.165, 1.54) is 0 Å². The summed E-state index contributed by atoms with van der Waals surface area (Å²) in [7, 11) is 0. The number of rotatable bonds is 35. The monoisotopic (exact) mass is 1010 g/mol. The third kappa shape index (κ3) is 22.1. The Labute approximate surface area is 413 Å². The minimum atomic E-state index is -1.92. The minimum absolute atomic E-state index is 0.0411. The molecule has 0 aliphatic carbocycles. The van der Waals surface area contributed by atoms with Crippen molar-refractivity contribution < 1.29 is 103 Å². The summed E-state index contributed by atoms with van der Waals surface area (Å²) in [6.45, 7) is 5.45. The van der Waals surface area contributed by atoms with E-state index < -0.39 is 135 Å². The summed E-state index contributed by atoms with van der Waals surface area (Å²) < 4.78 is 46.6. The lowest BCUT2D eigenvalue weighted by molar-refractivity contribution is -0.380. The molecule has 0 spiro atoms. The molecule has 3 fully saturated rings. The molecule has 21 heteroatoms. The normalized spacial score (nSPS) is 31.2. The first-order valence-electron chi connectivity index (χ1n) is 25.9. The Morgan fingerprint density at radius 2 is 1.07 bits per heavy atom. The molecule has 0 aromatic carbocycles. The molecule has 0 bridgehead atoms. The molecule has 21 nitrogen and oxygen atoms in total. The first-order valence-corrected chi connectivity index (χ1v) is 25.9. The van der Waals surface area contributed by atoms with Crippen LogP contribution in [0.3, 0.4) is 0 Å². The third-order valence-corrected chi connectivity index (χ3v) is 13.1. The minimum Gasteiger partial charge on any atom is -0.479 e. The fourth-order valence-electron chi connectivity index (χ4n) is 8.86. The van der Waals surface area contributed by atoms with Crippen molar-refractivity contribution in [2.24, 2.45) is 5.92 Å². The number of aliphatic hydroxyl groups is 9. The molecule has 0 radical (unpaired) electrons. The molecular weight excluding hydrogens is 925 g/mol. The number of carboxylic acids is 1. The molecule has 10 N–H and O–H groups in total. The van der Waals surface area contributed by atoms with E-state index in [0.29, 0.717) is 44.9 Å². The van der Waals surface area contributed by atoms with Crippen molar-refractivity contribution in [1.82, 2.24) is 0 Å². The van der Waals surface area contributed by atoms with Crippen molar-refractivity contribution in [2.45, 2.75) is 267 Å². The molecule has 0 aromatic rings. The zero-order chi connectivity index (χ0) is 51.8. The van der Waals surface area contributed by atoms with Crippen LogP contribution in [0.25, 0.3) is 0 Å². The molecule has 3 aliphatic heterocycles. The second-order valence-electron chi connectivity index (χ2n) is 19.7. The van der Waals surface area contributed by atoms with Gasteiger partial charge in [-0.05, 0) is 44.4 Å². The summed E-state index contributed by atoms with van der Waals surface area (Å²) in [5.41, 5.74) is 0. The van der Waals surface area contributed by atoms with Crippen molar-refractivity contribution in [3.05, 3.63) is 0 Å². The lowest BCUT2D eigenvalue weighted by Crippen LogP contribution is -2.65. The molecule has 3 heterocycles. The fourth-order valence-corrected chi connectivity index (χ4v) is 8.86. The molecule has 17 atom stereocenters. The number of carbonyl (C=O) groups is 3. The van der Waals surface area contributed by atoms with E-state index in [1.807, 2.05) is 0 Å². The van der Waals surface area contributed by atoms with Crippen molar-refractivity contribution in [1.29, 1.82) is 0 Å². The lowest BCUT2D eigenvalue weighted by Gasteiger charge is -2.46. The predicted octanol–water partition coefficient (Wildman–Crippen LogP) is 2.26. The highest BCUT2D eigenvalue weighted by Gasteiger charge is 2.52. The molecule has 3 rings (SSSR count). The molecule has 3 saturated heterocycles. The van der Waals surface area contributed by atoms with E-state index in [-0.39, 0.29) is 18.9 Å². The van der Waals surface area contributed by atoms with E-state index in [2.05, 4.69) is 6.92 Å². The zero-order valence-electron chi connectivity index (χ0n) is 41.8. The molecule has 0 amide bonds. The van der Waals surface area contributed by atoms with Crippen molar-refractivity contribution in [2.75, 3.05) is 19.8 Å². The zero-order valence-corrected chi connectivity index (χ0v) is 41.8. The van der Waals surface area contributed by atoms with Crippen molar-refractivity contribution in [3.8, 4) is 0 Å². The number of carbonyl (C=O) groups excluding carboxylic acids is 2. The number of unbranched alkanes of at least 4 members (excludes halogenated alkanes) is 12. The maximum atomic E-state index is 12.4. The van der Waals surface area contributed by atoms with Crippen LogP contribution in [-0.4, -0.2) is 193 Å². The van der Waals surface area contributed by atoms with Gasteiger partial charge < -0.3 is 89.0 Å². The van der Waals surface area contributed by atoms with Gasteiger partial charge in [-0.1, -0.05) is 111 Å². The van der Waals surface area contributed by atoms with E-state index in [4.69, 9.17) is 43.0 Å². The van der Waals surface area contributed by atoms with Crippen LogP contribution < -0.4 is 0 Å². The van der Waals surface area contributed by atoms with Gasteiger partial charge in [-0.15, -0.1) is 0 Å². The van der Waals surface area contributed by atoms with Crippen LogP contribution >= 0.6 is 0 Å².